The molecule has 1 aromatic rings. The van der Waals surface area contributed by atoms with Gasteiger partial charge < -0.3 is 19.9 Å². The van der Waals surface area contributed by atoms with Crippen molar-refractivity contribution in [1.82, 2.24) is 5.32 Å². The molecule has 0 aliphatic heterocycles. The molecule has 0 heterocycles. The highest BCUT2D eigenvalue weighted by molar-refractivity contribution is 5.82. The number of hydrogen-bond acceptors (Lipinski definition) is 5. The van der Waals surface area contributed by atoms with Crippen LogP contribution in [0.15, 0.2) is 18.2 Å². The summed E-state index contributed by atoms with van der Waals surface area (Å²) in [7, 11) is 1.41. The van der Waals surface area contributed by atoms with Crippen LogP contribution in [0, 0.1) is 0 Å². The van der Waals surface area contributed by atoms with Crippen molar-refractivity contribution in [2.45, 2.75) is 26.3 Å². The van der Waals surface area contributed by atoms with Crippen molar-refractivity contribution >= 4 is 17.8 Å². The monoisotopic (exact) mass is 295 g/mol. The second-order valence-corrected chi connectivity index (χ2v) is 4.37. The number of carbonyl (C=O) groups excluding carboxylic acids is 2. The number of carboxylic acid groups (broad SMARTS) is 1. The molecule has 0 aliphatic rings. The number of nitrogens with one attached hydrogen (secondary N) is 1. The maximum absolute atomic E-state index is 11.1. The molecule has 0 spiro atoms. The first-order valence-corrected chi connectivity index (χ1v) is 6.18. The van der Waals surface area contributed by atoms with Gasteiger partial charge in [-0.25, -0.2) is 4.79 Å². The van der Waals surface area contributed by atoms with Crippen molar-refractivity contribution in [2.24, 2.45) is 0 Å². The molecule has 1 aromatic carbocycles. The Kier molecular flexibility index (Phi) is 5.71. The number of amides is 1. The van der Waals surface area contributed by atoms with E-state index in [1.54, 1.807) is 12.1 Å². The van der Waals surface area contributed by atoms with Gasteiger partial charge in [-0.15, -0.1) is 0 Å². The van der Waals surface area contributed by atoms with Gasteiger partial charge >= 0.3 is 11.9 Å². The quantitative estimate of drug-likeness (QED) is 0.593. The van der Waals surface area contributed by atoms with Crippen molar-refractivity contribution in [1.29, 1.82) is 0 Å². The fourth-order valence-corrected chi connectivity index (χ4v) is 1.76. The molecule has 0 radical (unpaired) electrons. The Balaban J connectivity index is 2.95. The molecular weight excluding hydrogens is 278 g/mol. The minimum atomic E-state index is -1.13. The van der Waals surface area contributed by atoms with Crippen LogP contribution in [0.25, 0.3) is 0 Å². The summed E-state index contributed by atoms with van der Waals surface area (Å²) in [5.74, 6) is -1.48. The van der Waals surface area contributed by atoms with Crippen LogP contribution in [-0.4, -0.2) is 36.1 Å². The zero-order chi connectivity index (χ0) is 16.0. The minimum Gasteiger partial charge on any atom is -0.493 e. The van der Waals surface area contributed by atoms with Crippen molar-refractivity contribution in [3.8, 4) is 11.5 Å². The third-order valence-corrected chi connectivity index (χ3v) is 2.60. The van der Waals surface area contributed by atoms with Crippen LogP contribution in [0.4, 0.5) is 0 Å². The molecule has 114 valence electrons. The Morgan fingerprint density at radius 3 is 2.38 bits per heavy atom. The fraction of sp³-hybridized carbons (Fsp3) is 0.357. The summed E-state index contributed by atoms with van der Waals surface area (Å²) in [5, 5.41) is 11.4. The van der Waals surface area contributed by atoms with Crippen molar-refractivity contribution < 1.29 is 29.0 Å². The predicted octanol–water partition coefficient (Wildman–Crippen LogP) is 0.752. The molecular formula is C14H17NO6. The summed E-state index contributed by atoms with van der Waals surface area (Å²) < 4.78 is 10.1. The topological polar surface area (TPSA) is 102 Å². The van der Waals surface area contributed by atoms with Gasteiger partial charge in [-0.05, 0) is 17.7 Å². The lowest BCUT2D eigenvalue weighted by Gasteiger charge is -2.15. The Labute approximate surface area is 121 Å². The number of esters is 1. The van der Waals surface area contributed by atoms with E-state index in [1.807, 2.05) is 0 Å². The van der Waals surface area contributed by atoms with Gasteiger partial charge in [0.25, 0.3) is 0 Å². The first-order chi connectivity index (χ1) is 9.83. The lowest BCUT2D eigenvalue weighted by atomic mass is 10.1. The second-order valence-electron chi connectivity index (χ2n) is 4.37. The predicted molar refractivity (Wildman–Crippen MR) is 73.2 cm³/mol. The van der Waals surface area contributed by atoms with E-state index in [-0.39, 0.29) is 12.2 Å². The largest absolute Gasteiger partial charge is 0.493 e. The van der Waals surface area contributed by atoms with E-state index in [2.05, 4.69) is 5.32 Å². The molecule has 0 fully saturated rings. The highest BCUT2D eigenvalue weighted by Crippen LogP contribution is 2.28. The molecule has 0 saturated heterocycles. The normalized spacial score (nSPS) is 11.4. The summed E-state index contributed by atoms with van der Waals surface area (Å²) in [4.78, 5) is 33.0. The molecule has 1 amide bonds. The van der Waals surface area contributed by atoms with Crippen molar-refractivity contribution in [3.63, 3.8) is 0 Å². The van der Waals surface area contributed by atoms with E-state index in [0.717, 1.165) is 0 Å². The Morgan fingerprint density at radius 1 is 1.24 bits per heavy atom. The number of hydrogen-bond donors (Lipinski definition) is 2. The average molecular weight is 295 g/mol. The highest BCUT2D eigenvalue weighted by Gasteiger charge is 2.19. The smallest absolute Gasteiger partial charge is 0.326 e. The summed E-state index contributed by atoms with van der Waals surface area (Å²) in [5.41, 5.74) is 0.629. The Bertz CT molecular complexity index is 554. The summed E-state index contributed by atoms with van der Waals surface area (Å²) >= 11 is 0. The van der Waals surface area contributed by atoms with Gasteiger partial charge in [-0.1, -0.05) is 6.07 Å². The zero-order valence-corrected chi connectivity index (χ0v) is 12.0. The van der Waals surface area contributed by atoms with Crippen molar-refractivity contribution in [2.75, 3.05) is 7.11 Å². The summed E-state index contributed by atoms with van der Waals surface area (Å²) in [6, 6.07) is 3.66. The number of aliphatic carboxylic acids is 1. The van der Waals surface area contributed by atoms with Gasteiger partial charge in [0, 0.05) is 20.3 Å². The summed E-state index contributed by atoms with van der Waals surface area (Å²) in [6.07, 6.45) is 0.0889. The highest BCUT2D eigenvalue weighted by atomic mass is 16.6. The molecule has 0 unspecified atom stereocenters. The van der Waals surface area contributed by atoms with E-state index in [0.29, 0.717) is 11.3 Å². The standard InChI is InChI=1S/C14H17NO6/c1-8(16)15-11(14(18)19)6-10-4-5-12(21-9(2)17)13(7-10)20-3/h4-5,7,11H,6H2,1-3H3,(H,15,16)(H,18,19)/t11-/m0/s1. The SMILES string of the molecule is COc1cc(C[C@H](NC(C)=O)C(=O)O)ccc1OC(C)=O. The van der Waals surface area contributed by atoms with Crippen LogP contribution in [0.2, 0.25) is 0 Å². The van der Waals surface area contributed by atoms with E-state index < -0.39 is 23.9 Å². The van der Waals surface area contributed by atoms with Crippen LogP contribution in [0.5, 0.6) is 11.5 Å². The fourth-order valence-electron chi connectivity index (χ4n) is 1.76. The van der Waals surface area contributed by atoms with Gasteiger partial charge in [0.15, 0.2) is 11.5 Å². The van der Waals surface area contributed by atoms with Crippen LogP contribution >= 0.6 is 0 Å². The molecule has 1 rings (SSSR count). The lowest BCUT2D eigenvalue weighted by molar-refractivity contribution is -0.141. The van der Waals surface area contributed by atoms with E-state index in [1.165, 1.54) is 27.0 Å². The molecule has 0 aliphatic carbocycles. The Hall–Kier alpha value is -2.57. The molecule has 0 bridgehead atoms. The number of ether oxygens (including phenoxy) is 2. The number of rotatable bonds is 6. The molecule has 21 heavy (non-hydrogen) atoms. The second kappa shape index (κ2) is 7.28. The number of benzene rings is 1. The molecule has 2 N–H and O–H groups in total. The Morgan fingerprint density at radius 2 is 1.90 bits per heavy atom. The first kappa shape index (κ1) is 16.5. The van der Waals surface area contributed by atoms with E-state index in [4.69, 9.17) is 14.6 Å². The van der Waals surface area contributed by atoms with Crippen LogP contribution in [0.3, 0.4) is 0 Å². The third kappa shape index (κ3) is 5.13. The maximum atomic E-state index is 11.1. The van der Waals surface area contributed by atoms with Crippen LogP contribution < -0.4 is 14.8 Å². The third-order valence-electron chi connectivity index (χ3n) is 2.60. The van der Waals surface area contributed by atoms with Gasteiger partial charge in [0.2, 0.25) is 5.91 Å². The van der Waals surface area contributed by atoms with Crippen LogP contribution in [-0.2, 0) is 20.8 Å². The van der Waals surface area contributed by atoms with Crippen molar-refractivity contribution in [3.05, 3.63) is 23.8 Å². The summed E-state index contributed by atoms with van der Waals surface area (Å²) in [6.45, 7) is 2.52. The van der Waals surface area contributed by atoms with E-state index in [9.17, 15) is 14.4 Å². The van der Waals surface area contributed by atoms with Crippen LogP contribution in [0.1, 0.15) is 19.4 Å². The molecule has 7 nitrogen and oxygen atoms in total. The molecule has 0 saturated carbocycles. The average Bonchev–Trinajstić information content (AvgIpc) is 2.38. The van der Waals surface area contributed by atoms with Gasteiger partial charge in [0.05, 0.1) is 7.11 Å². The number of carboxylic acids is 1. The molecule has 7 heteroatoms. The minimum absolute atomic E-state index is 0.0889. The maximum Gasteiger partial charge on any atom is 0.326 e. The number of carbonyl (C=O) groups is 3. The van der Waals surface area contributed by atoms with Gasteiger partial charge in [0.1, 0.15) is 6.04 Å². The number of methoxy groups -OCH3 is 1. The van der Waals surface area contributed by atoms with Gasteiger partial charge in [-0.2, -0.15) is 0 Å². The van der Waals surface area contributed by atoms with E-state index >= 15 is 0 Å². The first-order valence-electron chi connectivity index (χ1n) is 6.18. The lowest BCUT2D eigenvalue weighted by Crippen LogP contribution is -2.41. The zero-order valence-electron chi connectivity index (χ0n) is 12.0. The molecule has 1 atom stereocenters. The molecule has 0 aromatic heterocycles. The van der Waals surface area contributed by atoms with Gasteiger partial charge in [-0.3, -0.25) is 9.59 Å².